The Morgan fingerprint density at radius 3 is 2.71 bits per heavy atom. The molecular weight excluding hydrogens is 476 g/mol. The first kappa shape index (κ1) is 24.6. The van der Waals surface area contributed by atoms with Gasteiger partial charge in [0.15, 0.2) is 0 Å². The summed E-state index contributed by atoms with van der Waals surface area (Å²) < 4.78 is 16.6. The molecule has 2 aromatic carbocycles. The normalized spacial score (nSPS) is 20.1. The quantitative estimate of drug-likeness (QED) is 0.466. The fourth-order valence-electron chi connectivity index (χ4n) is 3.62. The molecule has 3 unspecified atom stereocenters. The van der Waals surface area contributed by atoms with E-state index in [4.69, 9.17) is 30.4 Å². The third-order valence-corrected chi connectivity index (χ3v) is 6.02. The van der Waals surface area contributed by atoms with Gasteiger partial charge in [-0.15, -0.1) is 5.48 Å². The SMILES string of the molecule is CC(OCc1ccc(Cl)cc1)(C(=O)ONC1c2cc(C#N)ccc2OC(C)(C)C1O)c1ncon1. The number of carbonyl (C=O) groups is 1. The van der Waals surface area contributed by atoms with E-state index in [9.17, 15) is 15.2 Å². The number of halogens is 1. The van der Waals surface area contributed by atoms with Gasteiger partial charge in [-0.05, 0) is 56.7 Å². The van der Waals surface area contributed by atoms with Crippen molar-refractivity contribution in [3.63, 3.8) is 0 Å². The molecule has 0 saturated carbocycles. The van der Waals surface area contributed by atoms with Crippen molar-refractivity contribution in [3.05, 3.63) is 76.4 Å². The molecule has 35 heavy (non-hydrogen) atoms. The molecule has 1 aliphatic rings. The van der Waals surface area contributed by atoms with E-state index in [1.807, 2.05) is 6.07 Å². The Hall–Kier alpha value is -3.49. The van der Waals surface area contributed by atoms with E-state index < -0.39 is 29.3 Å². The van der Waals surface area contributed by atoms with Gasteiger partial charge in [0, 0.05) is 10.6 Å². The van der Waals surface area contributed by atoms with E-state index in [2.05, 4.69) is 15.6 Å². The minimum Gasteiger partial charge on any atom is -0.485 e. The summed E-state index contributed by atoms with van der Waals surface area (Å²) in [5.41, 5.74) is 1.46. The van der Waals surface area contributed by atoms with Crippen molar-refractivity contribution >= 4 is 17.6 Å². The zero-order chi connectivity index (χ0) is 25.2. The molecule has 0 fully saturated rings. The third kappa shape index (κ3) is 4.99. The lowest BCUT2D eigenvalue weighted by Crippen LogP contribution is -2.53. The summed E-state index contributed by atoms with van der Waals surface area (Å²) in [5, 5.41) is 24.6. The van der Waals surface area contributed by atoms with Gasteiger partial charge in [0.1, 0.15) is 23.5 Å². The Kier molecular flexibility index (Phi) is 6.78. The monoisotopic (exact) mass is 498 g/mol. The predicted octanol–water partition coefficient (Wildman–Crippen LogP) is 3.35. The summed E-state index contributed by atoms with van der Waals surface area (Å²) in [7, 11) is 0. The van der Waals surface area contributed by atoms with Gasteiger partial charge in [-0.25, -0.2) is 4.79 Å². The zero-order valence-corrected chi connectivity index (χ0v) is 19.9. The molecule has 0 saturated heterocycles. The highest BCUT2D eigenvalue weighted by molar-refractivity contribution is 6.30. The van der Waals surface area contributed by atoms with Crippen LogP contribution in [0.1, 0.15) is 49.3 Å². The summed E-state index contributed by atoms with van der Waals surface area (Å²) in [5.74, 6) is -0.464. The maximum atomic E-state index is 13.3. The van der Waals surface area contributed by atoms with Crippen LogP contribution >= 0.6 is 11.6 Å². The summed E-state index contributed by atoms with van der Waals surface area (Å²) in [6.45, 7) is 4.88. The van der Waals surface area contributed by atoms with Gasteiger partial charge >= 0.3 is 5.97 Å². The molecular formula is C24H23ClN4O6. The topological polar surface area (TPSA) is 140 Å². The van der Waals surface area contributed by atoms with E-state index in [1.54, 1.807) is 56.3 Å². The molecule has 2 N–H and O–H groups in total. The fourth-order valence-corrected chi connectivity index (χ4v) is 3.74. The van der Waals surface area contributed by atoms with Gasteiger partial charge < -0.3 is 23.9 Å². The number of nitrogens with zero attached hydrogens (tertiary/aromatic N) is 3. The van der Waals surface area contributed by atoms with Gasteiger partial charge in [-0.3, -0.25) is 0 Å². The lowest BCUT2D eigenvalue weighted by atomic mass is 9.86. The maximum Gasteiger partial charge on any atom is 0.364 e. The van der Waals surface area contributed by atoms with Gasteiger partial charge in [0.05, 0.1) is 18.2 Å². The molecule has 4 rings (SSSR count). The third-order valence-electron chi connectivity index (χ3n) is 5.77. The number of aliphatic hydroxyl groups excluding tert-OH is 1. The molecule has 1 aliphatic heterocycles. The summed E-state index contributed by atoms with van der Waals surface area (Å²) in [6, 6.07) is 12.9. The van der Waals surface area contributed by atoms with Crippen molar-refractivity contribution in [2.75, 3.05) is 0 Å². The lowest BCUT2D eigenvalue weighted by Gasteiger charge is -2.42. The minimum atomic E-state index is -1.75. The number of nitrogens with one attached hydrogen (secondary N) is 1. The van der Waals surface area contributed by atoms with Crippen molar-refractivity contribution < 1.29 is 28.7 Å². The highest BCUT2D eigenvalue weighted by Gasteiger charge is 2.46. The predicted molar refractivity (Wildman–Crippen MR) is 122 cm³/mol. The Morgan fingerprint density at radius 2 is 2.06 bits per heavy atom. The Labute approximate surface area is 206 Å². The first-order valence-electron chi connectivity index (χ1n) is 10.7. The molecule has 2 heterocycles. The van der Waals surface area contributed by atoms with Crippen molar-refractivity contribution in [2.45, 2.75) is 50.7 Å². The van der Waals surface area contributed by atoms with Crippen LogP contribution in [0, 0.1) is 11.3 Å². The van der Waals surface area contributed by atoms with Crippen molar-refractivity contribution in [3.8, 4) is 11.8 Å². The first-order valence-corrected chi connectivity index (χ1v) is 11.0. The summed E-state index contributed by atoms with van der Waals surface area (Å²) in [4.78, 5) is 22.7. The van der Waals surface area contributed by atoms with Gasteiger partial charge in [0.2, 0.25) is 17.8 Å². The summed E-state index contributed by atoms with van der Waals surface area (Å²) in [6.07, 6.45) is -0.0483. The Balaban J connectivity index is 1.56. The molecule has 0 spiro atoms. The largest absolute Gasteiger partial charge is 0.485 e. The number of aromatic nitrogens is 2. The first-order chi connectivity index (χ1) is 16.6. The van der Waals surface area contributed by atoms with Crippen molar-refractivity contribution in [1.29, 1.82) is 5.26 Å². The lowest BCUT2D eigenvalue weighted by molar-refractivity contribution is -0.190. The van der Waals surface area contributed by atoms with E-state index in [-0.39, 0.29) is 12.4 Å². The second kappa shape index (κ2) is 9.64. The second-order valence-electron chi connectivity index (χ2n) is 8.70. The minimum absolute atomic E-state index is 0.0264. The highest BCUT2D eigenvalue weighted by Crippen LogP contribution is 2.40. The van der Waals surface area contributed by atoms with Crippen LogP contribution < -0.4 is 10.2 Å². The molecule has 0 bridgehead atoms. The molecule has 0 radical (unpaired) electrons. The standard InChI is InChI=1S/C24H23ClN4O6/c1-23(2)20(30)19(17-10-15(11-26)6-9-18(17)34-23)28-35-22(31)24(3,21-27-13-33-29-21)32-12-14-4-7-16(25)8-5-14/h4-10,13,19-20,28,30H,12H2,1-3H3. The fraction of sp³-hybridized carbons (Fsp3) is 0.333. The van der Waals surface area contributed by atoms with Crippen molar-refractivity contribution in [2.24, 2.45) is 0 Å². The van der Waals surface area contributed by atoms with Crippen LogP contribution in [0.4, 0.5) is 0 Å². The average Bonchev–Trinajstić information content (AvgIpc) is 3.39. The molecule has 0 amide bonds. The number of benzene rings is 2. The number of fused-ring (bicyclic) bond motifs is 1. The van der Waals surface area contributed by atoms with Gasteiger partial charge in [-0.2, -0.15) is 10.2 Å². The molecule has 11 heteroatoms. The van der Waals surface area contributed by atoms with E-state index in [0.717, 1.165) is 12.0 Å². The highest BCUT2D eigenvalue weighted by atomic mass is 35.5. The number of nitriles is 1. The number of carbonyl (C=O) groups excluding carboxylic acids is 1. The van der Waals surface area contributed by atoms with Gasteiger partial charge in [0.25, 0.3) is 0 Å². The molecule has 3 aromatic rings. The number of aliphatic hydroxyl groups is 1. The maximum absolute atomic E-state index is 13.3. The van der Waals surface area contributed by atoms with E-state index in [0.29, 0.717) is 21.9 Å². The van der Waals surface area contributed by atoms with E-state index in [1.165, 1.54) is 6.92 Å². The number of hydrogen-bond acceptors (Lipinski definition) is 10. The molecule has 3 atom stereocenters. The molecule has 182 valence electrons. The van der Waals surface area contributed by atoms with E-state index >= 15 is 0 Å². The zero-order valence-electron chi connectivity index (χ0n) is 19.2. The van der Waals surface area contributed by atoms with Crippen LogP contribution in [0.5, 0.6) is 5.75 Å². The Bertz CT molecular complexity index is 1240. The molecule has 1 aromatic heterocycles. The smallest absolute Gasteiger partial charge is 0.364 e. The molecule has 10 nitrogen and oxygen atoms in total. The van der Waals surface area contributed by atoms with Crippen LogP contribution in [-0.2, 0) is 26.6 Å². The number of ether oxygens (including phenoxy) is 2. The van der Waals surface area contributed by atoms with Gasteiger partial charge in [-0.1, -0.05) is 28.9 Å². The summed E-state index contributed by atoms with van der Waals surface area (Å²) >= 11 is 5.93. The number of hydroxylamine groups is 1. The van der Waals surface area contributed by atoms with Crippen LogP contribution in [-0.4, -0.2) is 32.9 Å². The van der Waals surface area contributed by atoms with Crippen LogP contribution in [0.25, 0.3) is 0 Å². The van der Waals surface area contributed by atoms with Crippen LogP contribution in [0.15, 0.2) is 53.4 Å². The average molecular weight is 499 g/mol. The van der Waals surface area contributed by atoms with Crippen LogP contribution in [0.2, 0.25) is 5.02 Å². The Morgan fingerprint density at radius 1 is 1.31 bits per heavy atom. The number of hydrogen-bond donors (Lipinski definition) is 2. The molecule has 0 aliphatic carbocycles. The number of rotatable bonds is 7. The van der Waals surface area contributed by atoms with Crippen LogP contribution in [0.3, 0.4) is 0 Å². The second-order valence-corrected chi connectivity index (χ2v) is 9.14. The van der Waals surface area contributed by atoms with Crippen molar-refractivity contribution in [1.82, 2.24) is 15.6 Å².